The Morgan fingerprint density at radius 2 is 2.05 bits per heavy atom. The predicted molar refractivity (Wildman–Crippen MR) is 79.1 cm³/mol. The number of rotatable bonds is 3. The molecular formula is C17H14FNO2. The van der Waals surface area contributed by atoms with E-state index >= 15 is 0 Å². The zero-order chi connectivity index (χ0) is 15.0. The number of aryl methyl sites for hydroxylation is 1. The van der Waals surface area contributed by atoms with Gasteiger partial charge in [-0.1, -0.05) is 12.1 Å². The molecule has 0 amide bonds. The minimum absolute atomic E-state index is 0.0300. The Hall–Kier alpha value is -2.62. The monoisotopic (exact) mass is 283 g/mol. The highest BCUT2D eigenvalue weighted by atomic mass is 19.1. The van der Waals surface area contributed by atoms with Gasteiger partial charge >= 0.3 is 5.97 Å². The summed E-state index contributed by atoms with van der Waals surface area (Å²) in [5.41, 5.74) is 2.83. The molecule has 1 aromatic heterocycles. The Labute approximate surface area is 121 Å². The van der Waals surface area contributed by atoms with Gasteiger partial charge in [0.1, 0.15) is 5.82 Å². The first-order chi connectivity index (χ1) is 10.0. The third-order valence-corrected chi connectivity index (χ3v) is 3.59. The van der Waals surface area contributed by atoms with Gasteiger partial charge in [0.05, 0.1) is 5.56 Å². The van der Waals surface area contributed by atoms with Gasteiger partial charge in [-0.15, -0.1) is 0 Å². The molecule has 0 atom stereocenters. The highest BCUT2D eigenvalue weighted by molar-refractivity contribution is 5.88. The molecule has 0 fully saturated rings. The van der Waals surface area contributed by atoms with E-state index in [1.165, 1.54) is 17.7 Å². The van der Waals surface area contributed by atoms with Crippen molar-refractivity contribution in [2.24, 2.45) is 0 Å². The zero-order valence-corrected chi connectivity index (χ0v) is 11.5. The Balaban J connectivity index is 2.03. The molecule has 0 spiro atoms. The fraction of sp³-hybridized carbons (Fsp3) is 0.118. The second-order valence-corrected chi connectivity index (χ2v) is 5.10. The normalized spacial score (nSPS) is 11.0. The number of fused-ring (bicyclic) bond motifs is 1. The van der Waals surface area contributed by atoms with Crippen molar-refractivity contribution in [3.05, 3.63) is 71.2 Å². The molecule has 0 aliphatic heterocycles. The molecule has 106 valence electrons. The maximum Gasteiger partial charge on any atom is 0.335 e. The van der Waals surface area contributed by atoms with Crippen LogP contribution >= 0.6 is 0 Å². The average molecular weight is 283 g/mol. The van der Waals surface area contributed by atoms with E-state index in [1.807, 2.05) is 42.0 Å². The van der Waals surface area contributed by atoms with Crippen LogP contribution in [0, 0.1) is 12.7 Å². The van der Waals surface area contributed by atoms with E-state index in [2.05, 4.69) is 0 Å². The van der Waals surface area contributed by atoms with Crippen molar-refractivity contribution in [3.63, 3.8) is 0 Å². The number of nitrogens with zero attached hydrogens (tertiary/aromatic N) is 1. The van der Waals surface area contributed by atoms with E-state index < -0.39 is 11.8 Å². The lowest BCUT2D eigenvalue weighted by Gasteiger charge is -2.08. The Kier molecular flexibility index (Phi) is 3.22. The molecule has 3 nitrogen and oxygen atoms in total. The fourth-order valence-electron chi connectivity index (χ4n) is 2.58. The highest BCUT2D eigenvalue weighted by Gasteiger charge is 2.09. The summed E-state index contributed by atoms with van der Waals surface area (Å²) in [6.45, 7) is 2.47. The standard InChI is InChI=1S/C17H14FNO2/c1-11-3-2-4-16-15(11)5-6-19(16)10-12-7-13(17(20)21)9-14(18)8-12/h2-9H,10H2,1H3,(H,20,21). The van der Waals surface area contributed by atoms with Crippen molar-refractivity contribution in [1.82, 2.24) is 4.57 Å². The van der Waals surface area contributed by atoms with E-state index in [0.717, 1.165) is 17.0 Å². The number of hydrogen-bond donors (Lipinski definition) is 1. The van der Waals surface area contributed by atoms with E-state index in [0.29, 0.717) is 12.1 Å². The van der Waals surface area contributed by atoms with Crippen molar-refractivity contribution in [1.29, 1.82) is 0 Å². The van der Waals surface area contributed by atoms with Crippen LogP contribution in [-0.2, 0) is 6.54 Å². The summed E-state index contributed by atoms with van der Waals surface area (Å²) in [6, 6.07) is 11.9. The molecule has 21 heavy (non-hydrogen) atoms. The lowest BCUT2D eigenvalue weighted by atomic mass is 10.1. The van der Waals surface area contributed by atoms with E-state index in [-0.39, 0.29) is 5.56 Å². The second kappa shape index (κ2) is 5.05. The summed E-state index contributed by atoms with van der Waals surface area (Å²) in [5, 5.41) is 10.1. The van der Waals surface area contributed by atoms with Crippen molar-refractivity contribution in [2.45, 2.75) is 13.5 Å². The van der Waals surface area contributed by atoms with Gasteiger partial charge in [0.25, 0.3) is 0 Å². The van der Waals surface area contributed by atoms with Crippen LogP contribution in [-0.4, -0.2) is 15.6 Å². The molecule has 0 saturated carbocycles. The summed E-state index contributed by atoms with van der Waals surface area (Å²) >= 11 is 0. The number of hydrogen-bond acceptors (Lipinski definition) is 1. The number of benzene rings is 2. The molecule has 2 aromatic carbocycles. The van der Waals surface area contributed by atoms with Gasteiger partial charge in [-0.3, -0.25) is 0 Å². The molecule has 3 aromatic rings. The van der Waals surface area contributed by atoms with Gasteiger partial charge in [-0.2, -0.15) is 0 Å². The average Bonchev–Trinajstić information content (AvgIpc) is 2.83. The number of carbonyl (C=O) groups is 1. The van der Waals surface area contributed by atoms with Crippen LogP contribution in [0.4, 0.5) is 4.39 Å². The van der Waals surface area contributed by atoms with Crippen LogP contribution in [0.2, 0.25) is 0 Å². The number of halogens is 1. The van der Waals surface area contributed by atoms with Gasteiger partial charge in [0.15, 0.2) is 0 Å². The van der Waals surface area contributed by atoms with Crippen LogP contribution in [0.3, 0.4) is 0 Å². The molecule has 1 heterocycles. The third-order valence-electron chi connectivity index (χ3n) is 3.59. The minimum atomic E-state index is -1.12. The molecule has 1 N–H and O–H groups in total. The number of aromatic carboxylic acids is 1. The Bertz CT molecular complexity index is 836. The lowest BCUT2D eigenvalue weighted by Crippen LogP contribution is -2.03. The highest BCUT2D eigenvalue weighted by Crippen LogP contribution is 2.21. The molecule has 3 rings (SSSR count). The molecule has 0 unspecified atom stereocenters. The van der Waals surface area contributed by atoms with Crippen LogP contribution in [0.15, 0.2) is 48.7 Å². The van der Waals surface area contributed by atoms with Gasteiger partial charge < -0.3 is 9.67 Å². The molecule has 0 aliphatic rings. The summed E-state index contributed by atoms with van der Waals surface area (Å²) in [6.07, 6.45) is 1.93. The molecule has 0 saturated heterocycles. The van der Waals surface area contributed by atoms with Crippen LogP contribution in [0.25, 0.3) is 10.9 Å². The predicted octanol–water partition coefficient (Wildman–Crippen LogP) is 3.84. The van der Waals surface area contributed by atoms with Crippen molar-refractivity contribution in [3.8, 4) is 0 Å². The maximum atomic E-state index is 13.5. The van der Waals surface area contributed by atoms with Crippen LogP contribution in [0.5, 0.6) is 0 Å². The molecule has 0 bridgehead atoms. The van der Waals surface area contributed by atoms with Crippen molar-refractivity contribution >= 4 is 16.9 Å². The van der Waals surface area contributed by atoms with Crippen molar-refractivity contribution in [2.75, 3.05) is 0 Å². The number of carboxylic acids is 1. The second-order valence-electron chi connectivity index (χ2n) is 5.10. The smallest absolute Gasteiger partial charge is 0.335 e. The topological polar surface area (TPSA) is 42.2 Å². The van der Waals surface area contributed by atoms with E-state index in [1.54, 1.807) is 0 Å². The summed E-state index contributed by atoms with van der Waals surface area (Å²) in [7, 11) is 0. The minimum Gasteiger partial charge on any atom is -0.478 e. The third kappa shape index (κ3) is 2.52. The first-order valence-corrected chi connectivity index (χ1v) is 6.62. The SMILES string of the molecule is Cc1cccc2c1ccn2Cc1cc(F)cc(C(=O)O)c1. The summed E-state index contributed by atoms with van der Waals surface area (Å²) in [5.74, 6) is -1.65. The van der Waals surface area contributed by atoms with Crippen molar-refractivity contribution < 1.29 is 14.3 Å². The Morgan fingerprint density at radius 1 is 1.24 bits per heavy atom. The van der Waals surface area contributed by atoms with Crippen LogP contribution < -0.4 is 0 Å². The van der Waals surface area contributed by atoms with Gasteiger partial charge in [-0.05, 0) is 48.4 Å². The quantitative estimate of drug-likeness (QED) is 0.793. The van der Waals surface area contributed by atoms with Gasteiger partial charge in [0.2, 0.25) is 0 Å². The fourth-order valence-corrected chi connectivity index (χ4v) is 2.58. The first kappa shape index (κ1) is 13.4. The molecular weight excluding hydrogens is 269 g/mol. The molecule has 0 aliphatic carbocycles. The van der Waals surface area contributed by atoms with Gasteiger partial charge in [-0.25, -0.2) is 9.18 Å². The van der Waals surface area contributed by atoms with Gasteiger partial charge in [0, 0.05) is 23.6 Å². The summed E-state index contributed by atoms with van der Waals surface area (Å²) in [4.78, 5) is 11.0. The number of aromatic nitrogens is 1. The summed E-state index contributed by atoms with van der Waals surface area (Å²) < 4.78 is 15.5. The largest absolute Gasteiger partial charge is 0.478 e. The first-order valence-electron chi connectivity index (χ1n) is 6.62. The maximum absolute atomic E-state index is 13.5. The Morgan fingerprint density at radius 3 is 2.81 bits per heavy atom. The number of carboxylic acid groups (broad SMARTS) is 1. The molecule has 4 heteroatoms. The zero-order valence-electron chi connectivity index (χ0n) is 11.5. The van der Waals surface area contributed by atoms with E-state index in [4.69, 9.17) is 5.11 Å². The van der Waals surface area contributed by atoms with E-state index in [9.17, 15) is 9.18 Å². The van der Waals surface area contributed by atoms with Crippen LogP contribution in [0.1, 0.15) is 21.5 Å². The molecule has 0 radical (unpaired) electrons. The lowest BCUT2D eigenvalue weighted by molar-refractivity contribution is 0.0696.